The van der Waals surface area contributed by atoms with Crippen molar-refractivity contribution in [1.29, 1.82) is 0 Å². The molecule has 1 aromatic heterocycles. The number of halogens is 1. The molecule has 4 rings (SSSR count). The number of hydrogen-bond acceptors (Lipinski definition) is 6. The Morgan fingerprint density at radius 2 is 1.82 bits per heavy atom. The average molecular weight is 496 g/mol. The number of amides is 1. The summed E-state index contributed by atoms with van der Waals surface area (Å²) >= 11 is 7.29. The van der Waals surface area contributed by atoms with Crippen molar-refractivity contribution in [2.24, 2.45) is 0 Å². The SMILES string of the molecule is COc1ccccc1NC(=O)CSc1nc2cc(Cl)ccc2c(=O)n1-c1cc(C)ccc1OC. The average Bonchev–Trinajstić information content (AvgIpc) is 2.83. The van der Waals surface area contributed by atoms with Crippen LogP contribution >= 0.6 is 23.4 Å². The quantitative estimate of drug-likeness (QED) is 0.284. The number of nitrogens with one attached hydrogen (secondary N) is 1. The van der Waals surface area contributed by atoms with Crippen LogP contribution in [0.4, 0.5) is 5.69 Å². The molecule has 1 heterocycles. The fourth-order valence-electron chi connectivity index (χ4n) is 3.49. The molecule has 0 fully saturated rings. The summed E-state index contributed by atoms with van der Waals surface area (Å²) in [4.78, 5) is 31.0. The van der Waals surface area contributed by atoms with E-state index < -0.39 is 0 Å². The zero-order valence-corrected chi connectivity index (χ0v) is 20.4. The molecule has 0 aliphatic heterocycles. The predicted octanol–water partition coefficient (Wildman–Crippen LogP) is 5.10. The molecule has 7 nitrogen and oxygen atoms in total. The van der Waals surface area contributed by atoms with Crippen LogP contribution in [0.3, 0.4) is 0 Å². The number of nitrogens with zero attached hydrogens (tertiary/aromatic N) is 2. The van der Waals surface area contributed by atoms with Crippen molar-refractivity contribution >= 4 is 45.9 Å². The Hall–Kier alpha value is -3.49. The van der Waals surface area contributed by atoms with Gasteiger partial charge < -0.3 is 14.8 Å². The number of hydrogen-bond donors (Lipinski definition) is 1. The number of ether oxygens (including phenoxy) is 2. The number of fused-ring (bicyclic) bond motifs is 1. The molecule has 0 saturated carbocycles. The third kappa shape index (κ3) is 4.88. The molecule has 34 heavy (non-hydrogen) atoms. The van der Waals surface area contributed by atoms with Crippen molar-refractivity contribution in [1.82, 2.24) is 9.55 Å². The van der Waals surface area contributed by atoms with Gasteiger partial charge in [0, 0.05) is 5.02 Å². The van der Waals surface area contributed by atoms with Gasteiger partial charge in [-0.05, 0) is 55.0 Å². The van der Waals surface area contributed by atoms with E-state index >= 15 is 0 Å². The Labute approximate surface area is 205 Å². The van der Waals surface area contributed by atoms with Gasteiger partial charge in [-0.15, -0.1) is 0 Å². The van der Waals surface area contributed by atoms with Crippen LogP contribution in [0.5, 0.6) is 11.5 Å². The summed E-state index contributed by atoms with van der Waals surface area (Å²) in [7, 11) is 3.08. The van der Waals surface area contributed by atoms with Gasteiger partial charge in [0.1, 0.15) is 11.5 Å². The first-order valence-electron chi connectivity index (χ1n) is 10.3. The molecule has 4 aromatic rings. The van der Waals surface area contributed by atoms with Gasteiger partial charge >= 0.3 is 0 Å². The molecule has 0 saturated heterocycles. The second-order valence-electron chi connectivity index (χ2n) is 7.41. The molecular weight excluding hydrogens is 474 g/mol. The van der Waals surface area contributed by atoms with E-state index in [1.165, 1.54) is 11.7 Å². The molecule has 3 aromatic carbocycles. The van der Waals surface area contributed by atoms with E-state index in [9.17, 15) is 9.59 Å². The monoisotopic (exact) mass is 495 g/mol. The van der Waals surface area contributed by atoms with Gasteiger partial charge in [-0.1, -0.05) is 41.6 Å². The fraction of sp³-hybridized carbons (Fsp3) is 0.160. The normalized spacial score (nSPS) is 10.8. The van der Waals surface area contributed by atoms with Crippen LogP contribution < -0.4 is 20.3 Å². The number of anilines is 1. The summed E-state index contributed by atoms with van der Waals surface area (Å²) in [5.74, 6) is 0.826. The maximum absolute atomic E-state index is 13.6. The third-order valence-corrected chi connectivity index (χ3v) is 6.26. The van der Waals surface area contributed by atoms with E-state index in [-0.39, 0.29) is 17.2 Å². The Morgan fingerprint density at radius 1 is 1.06 bits per heavy atom. The minimum absolute atomic E-state index is 0.0185. The lowest BCUT2D eigenvalue weighted by atomic mass is 10.2. The number of carbonyl (C=O) groups excluding carboxylic acids is 1. The molecule has 0 unspecified atom stereocenters. The summed E-state index contributed by atoms with van der Waals surface area (Å²) in [6.45, 7) is 1.93. The Bertz CT molecular complexity index is 1440. The predicted molar refractivity (Wildman–Crippen MR) is 136 cm³/mol. The highest BCUT2D eigenvalue weighted by molar-refractivity contribution is 7.99. The lowest BCUT2D eigenvalue weighted by Gasteiger charge is -2.16. The van der Waals surface area contributed by atoms with Crippen molar-refractivity contribution in [3.8, 4) is 17.2 Å². The number of para-hydroxylation sites is 2. The summed E-state index contributed by atoms with van der Waals surface area (Å²) in [5.41, 5.74) is 2.23. The van der Waals surface area contributed by atoms with Crippen molar-refractivity contribution in [3.05, 3.63) is 81.6 Å². The highest BCUT2D eigenvalue weighted by Crippen LogP contribution is 2.29. The van der Waals surface area contributed by atoms with E-state index in [0.29, 0.717) is 44.0 Å². The third-order valence-electron chi connectivity index (χ3n) is 5.09. The first-order valence-corrected chi connectivity index (χ1v) is 11.7. The van der Waals surface area contributed by atoms with E-state index in [1.54, 1.807) is 43.5 Å². The van der Waals surface area contributed by atoms with Crippen LogP contribution in [-0.2, 0) is 4.79 Å². The smallest absolute Gasteiger partial charge is 0.266 e. The second kappa shape index (κ2) is 10.2. The largest absolute Gasteiger partial charge is 0.495 e. The van der Waals surface area contributed by atoms with E-state index in [0.717, 1.165) is 17.3 Å². The molecule has 0 aliphatic carbocycles. The standard InChI is InChI=1S/C25H22ClN3O4S/c1-15-8-11-22(33-3)20(12-15)29-24(31)17-10-9-16(26)13-19(17)28-25(29)34-14-23(30)27-18-6-4-5-7-21(18)32-2/h4-13H,14H2,1-3H3,(H,27,30). The first-order chi connectivity index (χ1) is 16.4. The molecule has 0 bridgehead atoms. The van der Waals surface area contributed by atoms with Gasteiger partial charge in [0.05, 0.1) is 42.3 Å². The topological polar surface area (TPSA) is 82.5 Å². The highest BCUT2D eigenvalue weighted by atomic mass is 35.5. The number of thioether (sulfide) groups is 1. The second-order valence-corrected chi connectivity index (χ2v) is 8.79. The molecular formula is C25H22ClN3O4S. The van der Waals surface area contributed by atoms with Crippen LogP contribution in [0.1, 0.15) is 5.56 Å². The highest BCUT2D eigenvalue weighted by Gasteiger charge is 2.18. The number of rotatable bonds is 7. The lowest BCUT2D eigenvalue weighted by molar-refractivity contribution is -0.113. The number of aryl methyl sites for hydroxylation is 1. The fourth-order valence-corrected chi connectivity index (χ4v) is 4.46. The Kier molecular flexibility index (Phi) is 7.09. The van der Waals surface area contributed by atoms with Crippen molar-refractivity contribution in [2.45, 2.75) is 12.1 Å². The Morgan fingerprint density at radius 3 is 2.59 bits per heavy atom. The van der Waals surface area contributed by atoms with Gasteiger partial charge in [-0.3, -0.25) is 14.2 Å². The molecule has 9 heteroatoms. The number of methoxy groups -OCH3 is 2. The molecule has 0 atom stereocenters. The van der Waals surface area contributed by atoms with Crippen molar-refractivity contribution < 1.29 is 14.3 Å². The van der Waals surface area contributed by atoms with Crippen molar-refractivity contribution in [3.63, 3.8) is 0 Å². The maximum Gasteiger partial charge on any atom is 0.266 e. The van der Waals surface area contributed by atoms with E-state index in [2.05, 4.69) is 10.3 Å². The van der Waals surface area contributed by atoms with Gasteiger partial charge in [0.2, 0.25) is 5.91 Å². The number of carbonyl (C=O) groups is 1. The summed E-state index contributed by atoms with van der Waals surface area (Å²) < 4.78 is 12.3. The van der Waals surface area contributed by atoms with Gasteiger partial charge in [0.25, 0.3) is 5.56 Å². The minimum atomic E-state index is -0.279. The molecule has 0 spiro atoms. The van der Waals surface area contributed by atoms with E-state index in [1.807, 2.05) is 31.2 Å². The molecule has 1 N–H and O–H groups in total. The minimum Gasteiger partial charge on any atom is -0.495 e. The molecule has 174 valence electrons. The van der Waals surface area contributed by atoms with Crippen LogP contribution in [0, 0.1) is 6.92 Å². The lowest BCUT2D eigenvalue weighted by Crippen LogP contribution is -2.23. The summed E-state index contributed by atoms with van der Waals surface area (Å²) in [6.07, 6.45) is 0. The Balaban J connectivity index is 1.75. The van der Waals surface area contributed by atoms with Gasteiger partial charge in [-0.2, -0.15) is 0 Å². The van der Waals surface area contributed by atoms with Crippen LogP contribution in [0.25, 0.3) is 16.6 Å². The van der Waals surface area contributed by atoms with Crippen LogP contribution in [0.2, 0.25) is 5.02 Å². The molecule has 0 radical (unpaired) electrons. The summed E-state index contributed by atoms with van der Waals surface area (Å²) in [6, 6.07) is 17.6. The molecule has 0 aliphatic rings. The van der Waals surface area contributed by atoms with Crippen molar-refractivity contribution in [2.75, 3.05) is 25.3 Å². The number of aromatic nitrogens is 2. The summed E-state index contributed by atoms with van der Waals surface area (Å²) in [5, 5.41) is 4.06. The van der Waals surface area contributed by atoms with Crippen LogP contribution in [0.15, 0.2) is 70.6 Å². The maximum atomic E-state index is 13.6. The molecule has 1 amide bonds. The first kappa shape index (κ1) is 23.7. The van der Waals surface area contributed by atoms with Crippen LogP contribution in [-0.4, -0.2) is 35.4 Å². The number of benzene rings is 3. The van der Waals surface area contributed by atoms with E-state index in [4.69, 9.17) is 21.1 Å². The van der Waals surface area contributed by atoms with Gasteiger partial charge in [-0.25, -0.2) is 4.98 Å². The van der Waals surface area contributed by atoms with Gasteiger partial charge in [0.15, 0.2) is 5.16 Å². The zero-order chi connectivity index (χ0) is 24.2. The zero-order valence-electron chi connectivity index (χ0n) is 18.8.